The summed E-state index contributed by atoms with van der Waals surface area (Å²) in [6, 6.07) is 13.0. The summed E-state index contributed by atoms with van der Waals surface area (Å²) in [4.78, 5) is 26.0. The predicted octanol–water partition coefficient (Wildman–Crippen LogP) is 3.57. The molecule has 0 atom stereocenters. The Morgan fingerprint density at radius 1 is 1.26 bits per heavy atom. The van der Waals surface area contributed by atoms with Gasteiger partial charge in [-0.05, 0) is 37.6 Å². The quantitative estimate of drug-likeness (QED) is 0.616. The van der Waals surface area contributed by atoms with Crippen molar-refractivity contribution in [1.29, 1.82) is 0 Å². The van der Waals surface area contributed by atoms with E-state index < -0.39 is 5.91 Å². The Morgan fingerprint density at radius 3 is 2.70 bits per heavy atom. The third-order valence-electron chi connectivity index (χ3n) is 3.96. The second-order valence-electron chi connectivity index (χ2n) is 6.10. The highest BCUT2D eigenvalue weighted by molar-refractivity contribution is 8.27. The summed E-state index contributed by atoms with van der Waals surface area (Å²) in [6.07, 6.45) is 1.72. The van der Waals surface area contributed by atoms with E-state index in [2.05, 4.69) is 0 Å². The van der Waals surface area contributed by atoms with E-state index in [1.807, 2.05) is 38.1 Å². The van der Waals surface area contributed by atoms with Crippen LogP contribution in [0.3, 0.4) is 0 Å². The Labute approximate surface area is 167 Å². The van der Waals surface area contributed by atoms with Gasteiger partial charge in [0, 0.05) is 5.56 Å². The minimum Gasteiger partial charge on any atom is -0.483 e. The second kappa shape index (κ2) is 7.94. The van der Waals surface area contributed by atoms with Crippen LogP contribution in [0.15, 0.2) is 47.4 Å². The molecular weight excluding hydrogens is 380 g/mol. The zero-order valence-electron chi connectivity index (χ0n) is 14.9. The van der Waals surface area contributed by atoms with E-state index in [4.69, 9.17) is 22.7 Å². The molecule has 0 bridgehead atoms. The maximum Gasteiger partial charge on any atom is 0.270 e. The van der Waals surface area contributed by atoms with Gasteiger partial charge in [0.25, 0.3) is 11.8 Å². The van der Waals surface area contributed by atoms with E-state index in [1.165, 1.54) is 11.8 Å². The Hall–Kier alpha value is -2.64. The summed E-state index contributed by atoms with van der Waals surface area (Å²) in [5.74, 6) is -0.263. The number of hydrogen-bond acceptors (Lipinski definition) is 5. The number of ether oxygens (including phenoxy) is 1. The zero-order valence-corrected chi connectivity index (χ0v) is 16.5. The number of anilines is 1. The number of benzene rings is 2. The molecule has 2 N–H and O–H groups in total. The van der Waals surface area contributed by atoms with Gasteiger partial charge in [0.1, 0.15) is 5.75 Å². The molecule has 138 valence electrons. The van der Waals surface area contributed by atoms with E-state index in [9.17, 15) is 9.59 Å². The Morgan fingerprint density at radius 2 is 2.00 bits per heavy atom. The number of nitrogens with two attached hydrogens (primary N) is 1. The number of aryl methyl sites for hydroxylation is 2. The lowest BCUT2D eigenvalue weighted by Crippen LogP contribution is -2.28. The lowest BCUT2D eigenvalue weighted by molar-refractivity contribution is -0.120. The number of thioether (sulfide) groups is 1. The van der Waals surface area contributed by atoms with E-state index in [1.54, 1.807) is 29.2 Å². The first-order chi connectivity index (χ1) is 12.9. The molecular formula is C20H18N2O3S2. The van der Waals surface area contributed by atoms with Crippen LogP contribution < -0.4 is 15.4 Å². The van der Waals surface area contributed by atoms with Crippen LogP contribution >= 0.6 is 24.0 Å². The number of thiocarbonyl (C=S) groups is 1. The summed E-state index contributed by atoms with van der Waals surface area (Å²) in [5, 5.41) is 0. The highest BCUT2D eigenvalue weighted by atomic mass is 32.2. The first-order valence-corrected chi connectivity index (χ1v) is 9.44. The maximum absolute atomic E-state index is 13.0. The van der Waals surface area contributed by atoms with Crippen LogP contribution in [0.25, 0.3) is 6.08 Å². The highest BCUT2D eigenvalue weighted by Crippen LogP contribution is 2.38. The highest BCUT2D eigenvalue weighted by Gasteiger charge is 2.34. The van der Waals surface area contributed by atoms with Crippen molar-refractivity contribution < 1.29 is 14.3 Å². The summed E-state index contributed by atoms with van der Waals surface area (Å²) in [5.41, 5.74) is 8.71. The van der Waals surface area contributed by atoms with Gasteiger partial charge < -0.3 is 10.5 Å². The molecule has 5 nitrogen and oxygen atoms in total. The van der Waals surface area contributed by atoms with Gasteiger partial charge in [-0.2, -0.15) is 0 Å². The minimum absolute atomic E-state index is 0.179. The smallest absolute Gasteiger partial charge is 0.270 e. The van der Waals surface area contributed by atoms with Crippen molar-refractivity contribution >= 4 is 51.9 Å². The van der Waals surface area contributed by atoms with Crippen molar-refractivity contribution in [2.75, 3.05) is 11.5 Å². The first-order valence-electron chi connectivity index (χ1n) is 8.22. The van der Waals surface area contributed by atoms with Crippen molar-refractivity contribution in [3.05, 3.63) is 64.1 Å². The number of carbonyl (C=O) groups is 2. The Bertz CT molecular complexity index is 969. The molecule has 0 radical (unpaired) electrons. The number of para-hydroxylation sites is 1. The van der Waals surface area contributed by atoms with Crippen LogP contribution in [0.4, 0.5) is 5.69 Å². The van der Waals surface area contributed by atoms with E-state index in [0.29, 0.717) is 20.5 Å². The van der Waals surface area contributed by atoms with Crippen molar-refractivity contribution in [3.63, 3.8) is 0 Å². The van der Waals surface area contributed by atoms with Gasteiger partial charge in [0.15, 0.2) is 10.9 Å². The van der Waals surface area contributed by atoms with Gasteiger partial charge in [0.2, 0.25) is 0 Å². The van der Waals surface area contributed by atoms with Gasteiger partial charge in [-0.15, -0.1) is 0 Å². The molecule has 7 heteroatoms. The zero-order chi connectivity index (χ0) is 19.6. The molecule has 1 aliphatic rings. The molecule has 1 fully saturated rings. The molecule has 0 aliphatic carbocycles. The average Bonchev–Trinajstić information content (AvgIpc) is 2.88. The Balaban J connectivity index is 1.92. The lowest BCUT2D eigenvalue weighted by Gasteiger charge is -2.17. The second-order valence-corrected chi connectivity index (χ2v) is 7.78. The molecule has 2 aromatic rings. The largest absolute Gasteiger partial charge is 0.483 e. The fourth-order valence-corrected chi connectivity index (χ4v) is 4.03. The third-order valence-corrected chi connectivity index (χ3v) is 5.26. The van der Waals surface area contributed by atoms with Crippen molar-refractivity contribution in [1.82, 2.24) is 0 Å². The van der Waals surface area contributed by atoms with E-state index in [-0.39, 0.29) is 12.5 Å². The van der Waals surface area contributed by atoms with Crippen molar-refractivity contribution in [2.45, 2.75) is 13.8 Å². The monoisotopic (exact) mass is 398 g/mol. The fourth-order valence-electron chi connectivity index (χ4n) is 2.75. The number of primary amides is 1. The number of rotatable bonds is 5. The van der Waals surface area contributed by atoms with Crippen LogP contribution in [-0.2, 0) is 9.59 Å². The number of nitrogens with zero attached hydrogens (tertiary/aromatic N) is 1. The SMILES string of the molecule is Cc1ccc(N2C(=O)/C(=C/c3ccccc3OCC(N)=O)SC2=S)c(C)c1. The fraction of sp³-hybridized carbons (Fsp3) is 0.150. The number of carbonyl (C=O) groups excluding carboxylic acids is 2. The van der Waals surface area contributed by atoms with Crippen molar-refractivity contribution in [3.8, 4) is 5.75 Å². The van der Waals surface area contributed by atoms with E-state index in [0.717, 1.165) is 16.8 Å². The first kappa shape index (κ1) is 19.1. The average molecular weight is 399 g/mol. The van der Waals surface area contributed by atoms with Crippen molar-refractivity contribution in [2.24, 2.45) is 5.73 Å². The molecule has 1 saturated heterocycles. The van der Waals surface area contributed by atoms with Gasteiger partial charge >= 0.3 is 0 Å². The van der Waals surface area contributed by atoms with Crippen LogP contribution in [-0.4, -0.2) is 22.7 Å². The summed E-state index contributed by atoms with van der Waals surface area (Å²) < 4.78 is 5.91. The summed E-state index contributed by atoms with van der Waals surface area (Å²) in [7, 11) is 0. The van der Waals surface area contributed by atoms with Gasteiger partial charge in [-0.1, -0.05) is 59.9 Å². The lowest BCUT2D eigenvalue weighted by atomic mass is 10.1. The van der Waals surface area contributed by atoms with Gasteiger partial charge in [-0.25, -0.2) is 0 Å². The van der Waals surface area contributed by atoms with E-state index >= 15 is 0 Å². The van der Waals surface area contributed by atoms with Crippen LogP contribution in [0.1, 0.15) is 16.7 Å². The molecule has 0 unspecified atom stereocenters. The number of amides is 2. The molecule has 1 aliphatic heterocycles. The minimum atomic E-state index is -0.564. The molecule has 2 amide bonds. The molecule has 3 rings (SSSR count). The van der Waals surface area contributed by atoms with Crippen LogP contribution in [0.2, 0.25) is 0 Å². The molecule has 2 aromatic carbocycles. The molecule has 0 saturated carbocycles. The van der Waals surface area contributed by atoms with Crippen LogP contribution in [0, 0.1) is 13.8 Å². The molecule has 1 heterocycles. The third kappa shape index (κ3) is 4.20. The van der Waals surface area contributed by atoms with Crippen LogP contribution in [0.5, 0.6) is 5.75 Å². The predicted molar refractivity (Wildman–Crippen MR) is 113 cm³/mol. The number of hydrogen-bond donors (Lipinski definition) is 1. The normalized spacial score (nSPS) is 15.5. The Kier molecular flexibility index (Phi) is 5.62. The molecule has 27 heavy (non-hydrogen) atoms. The summed E-state index contributed by atoms with van der Waals surface area (Å²) in [6.45, 7) is 3.73. The maximum atomic E-state index is 13.0. The molecule has 0 spiro atoms. The van der Waals surface area contributed by atoms with Gasteiger partial charge in [-0.3, -0.25) is 14.5 Å². The molecule has 0 aromatic heterocycles. The summed E-state index contributed by atoms with van der Waals surface area (Å²) >= 11 is 6.68. The standard InChI is InChI=1S/C20H18N2O3S2/c1-12-7-8-15(13(2)9-12)22-19(24)17(27-20(22)26)10-14-5-3-4-6-16(14)25-11-18(21)23/h3-10H,11H2,1-2H3,(H2,21,23)/b17-10-. The van der Waals surface area contributed by atoms with Gasteiger partial charge in [0.05, 0.1) is 10.6 Å². The topological polar surface area (TPSA) is 72.6 Å².